The van der Waals surface area contributed by atoms with Crippen molar-refractivity contribution in [3.8, 4) is 22.3 Å². The number of benzene rings is 3. The van der Waals surface area contributed by atoms with Crippen molar-refractivity contribution in [2.45, 2.75) is 20.3 Å². The van der Waals surface area contributed by atoms with Crippen molar-refractivity contribution in [2.75, 3.05) is 0 Å². The predicted octanol–water partition coefficient (Wildman–Crippen LogP) is 5.90. The molecule has 94 valence electrons. The summed E-state index contributed by atoms with van der Waals surface area (Å²) in [7, 11) is 0. The van der Waals surface area contributed by atoms with Gasteiger partial charge in [0, 0.05) is 0 Å². The highest BCUT2D eigenvalue weighted by Crippen LogP contribution is 2.46. The number of fused-ring (bicyclic) bond motifs is 3. The van der Waals surface area contributed by atoms with E-state index in [1.165, 1.54) is 39.4 Å². The lowest BCUT2D eigenvalue weighted by Gasteiger charge is -2.00. The molecule has 0 N–H and O–H groups in total. The zero-order valence-electron chi connectivity index (χ0n) is 11.5. The Balaban J connectivity index is 0.000000339. The quantitative estimate of drug-likeness (QED) is 0.362. The lowest BCUT2D eigenvalue weighted by Crippen LogP contribution is -1.73. The minimum Gasteiger partial charge on any atom is -0.0656 e. The second-order valence-corrected chi connectivity index (χ2v) is 4.96. The zero-order valence-corrected chi connectivity index (χ0v) is 11.5. The Bertz CT molecular complexity index is 665. The van der Waals surface area contributed by atoms with Gasteiger partial charge in [-0.1, -0.05) is 80.9 Å². The highest BCUT2D eigenvalue weighted by molar-refractivity contribution is 6.15. The maximum absolute atomic E-state index is 2.22. The monoisotopic (exact) mass is 246 g/mol. The van der Waals surface area contributed by atoms with Gasteiger partial charge in [-0.15, -0.1) is 0 Å². The Kier molecular flexibility index (Phi) is 3.08. The van der Waals surface area contributed by atoms with Gasteiger partial charge < -0.3 is 0 Å². The Labute approximate surface area is 114 Å². The molecule has 0 nitrogen and oxygen atoms in total. The molecule has 0 spiro atoms. The van der Waals surface area contributed by atoms with Crippen LogP contribution in [0, 0.1) is 0 Å². The van der Waals surface area contributed by atoms with Crippen molar-refractivity contribution in [2.24, 2.45) is 0 Å². The molecule has 0 atom stereocenters. The molecule has 0 saturated carbocycles. The van der Waals surface area contributed by atoms with E-state index in [0.717, 1.165) is 0 Å². The summed E-state index contributed by atoms with van der Waals surface area (Å²) < 4.78 is 0. The zero-order chi connectivity index (χ0) is 13.2. The highest BCUT2D eigenvalue weighted by Gasteiger charge is 2.19. The van der Waals surface area contributed by atoms with Gasteiger partial charge in [0.1, 0.15) is 0 Å². The van der Waals surface area contributed by atoms with Gasteiger partial charge in [-0.3, -0.25) is 0 Å². The average molecular weight is 246 g/mol. The van der Waals surface area contributed by atoms with Crippen molar-refractivity contribution in [3.05, 3.63) is 60.7 Å². The number of hydrogen-bond donors (Lipinski definition) is 0. The van der Waals surface area contributed by atoms with E-state index < -0.39 is 0 Å². The average Bonchev–Trinajstić information content (AvgIpc) is 2.78. The predicted molar refractivity (Wildman–Crippen MR) is 84.3 cm³/mol. The van der Waals surface area contributed by atoms with E-state index in [4.69, 9.17) is 0 Å². The Morgan fingerprint density at radius 3 is 1.47 bits per heavy atom. The van der Waals surface area contributed by atoms with Crippen molar-refractivity contribution in [1.82, 2.24) is 0 Å². The topological polar surface area (TPSA) is 0 Å². The molecule has 0 heterocycles. The van der Waals surface area contributed by atoms with Gasteiger partial charge in [-0.05, 0) is 33.0 Å². The summed E-state index contributed by atoms with van der Waals surface area (Å²) in [5.74, 6) is 0. The SMILES string of the molecule is CCC.c1ccc2c(c1)-c1cccc3cccc-2c13. The molecule has 0 aliphatic heterocycles. The van der Waals surface area contributed by atoms with Crippen LogP contribution in [0.15, 0.2) is 60.7 Å². The van der Waals surface area contributed by atoms with Gasteiger partial charge in [0.15, 0.2) is 0 Å². The van der Waals surface area contributed by atoms with E-state index in [9.17, 15) is 0 Å². The second-order valence-electron chi connectivity index (χ2n) is 4.96. The standard InChI is InChI=1S/C16H10.C3H8/c1-2-8-13-12(7-1)14-9-3-5-11-6-4-10-15(13)16(11)14;1-3-2/h1-10H;3H2,1-2H3. The molecule has 19 heavy (non-hydrogen) atoms. The van der Waals surface area contributed by atoms with Crippen molar-refractivity contribution in [3.63, 3.8) is 0 Å². The van der Waals surface area contributed by atoms with Gasteiger partial charge in [0.2, 0.25) is 0 Å². The van der Waals surface area contributed by atoms with Crippen LogP contribution in [0.5, 0.6) is 0 Å². The van der Waals surface area contributed by atoms with E-state index in [0.29, 0.717) is 0 Å². The minimum absolute atomic E-state index is 1.25. The first-order valence-corrected chi connectivity index (χ1v) is 6.98. The lowest BCUT2D eigenvalue weighted by atomic mass is 10.0. The third-order valence-corrected chi connectivity index (χ3v) is 3.41. The van der Waals surface area contributed by atoms with Gasteiger partial charge in [0.05, 0.1) is 0 Å². The van der Waals surface area contributed by atoms with Crippen molar-refractivity contribution in [1.29, 1.82) is 0 Å². The molecule has 1 aliphatic carbocycles. The molecular formula is C19H18. The van der Waals surface area contributed by atoms with Gasteiger partial charge in [-0.2, -0.15) is 0 Å². The molecule has 4 rings (SSSR count). The van der Waals surface area contributed by atoms with Crippen LogP contribution in [0.1, 0.15) is 20.3 Å². The maximum atomic E-state index is 2.22. The number of hydrogen-bond acceptors (Lipinski definition) is 0. The molecule has 0 bridgehead atoms. The summed E-state index contributed by atoms with van der Waals surface area (Å²) in [6.45, 7) is 4.25. The molecule has 0 amide bonds. The molecule has 0 saturated heterocycles. The first kappa shape index (κ1) is 12.0. The van der Waals surface area contributed by atoms with E-state index in [2.05, 4.69) is 74.5 Å². The van der Waals surface area contributed by atoms with Crippen LogP contribution in [0.2, 0.25) is 0 Å². The Morgan fingerprint density at radius 2 is 1.00 bits per heavy atom. The lowest BCUT2D eigenvalue weighted by molar-refractivity contribution is 1.09. The van der Waals surface area contributed by atoms with E-state index in [1.807, 2.05) is 0 Å². The highest BCUT2D eigenvalue weighted by atomic mass is 14.2. The Hall–Kier alpha value is -2.08. The summed E-state index contributed by atoms with van der Waals surface area (Å²) in [5, 5.41) is 2.75. The summed E-state index contributed by atoms with van der Waals surface area (Å²) >= 11 is 0. The second kappa shape index (κ2) is 4.89. The van der Waals surface area contributed by atoms with Gasteiger partial charge in [-0.25, -0.2) is 0 Å². The summed E-state index contributed by atoms with van der Waals surface area (Å²) in [5.41, 5.74) is 5.50. The fourth-order valence-corrected chi connectivity index (χ4v) is 2.74. The third kappa shape index (κ3) is 1.84. The summed E-state index contributed by atoms with van der Waals surface area (Å²) in [6.07, 6.45) is 1.25. The smallest absolute Gasteiger partial charge is 0.00264 e. The molecule has 0 fully saturated rings. The van der Waals surface area contributed by atoms with Crippen LogP contribution >= 0.6 is 0 Å². The Morgan fingerprint density at radius 1 is 0.579 bits per heavy atom. The van der Waals surface area contributed by atoms with E-state index in [-0.39, 0.29) is 0 Å². The molecule has 3 aromatic carbocycles. The minimum atomic E-state index is 1.25. The number of rotatable bonds is 0. The van der Waals surface area contributed by atoms with Crippen LogP contribution in [0.25, 0.3) is 33.0 Å². The molecule has 3 aromatic rings. The summed E-state index contributed by atoms with van der Waals surface area (Å²) in [6, 6.07) is 21.8. The van der Waals surface area contributed by atoms with Crippen LogP contribution in [0.4, 0.5) is 0 Å². The van der Waals surface area contributed by atoms with Crippen LogP contribution in [-0.2, 0) is 0 Å². The first-order chi connectivity index (χ1) is 9.36. The van der Waals surface area contributed by atoms with Crippen molar-refractivity contribution < 1.29 is 0 Å². The molecule has 0 heteroatoms. The fourth-order valence-electron chi connectivity index (χ4n) is 2.74. The van der Waals surface area contributed by atoms with Crippen molar-refractivity contribution >= 4 is 10.8 Å². The molecule has 0 radical (unpaired) electrons. The van der Waals surface area contributed by atoms with E-state index >= 15 is 0 Å². The van der Waals surface area contributed by atoms with Gasteiger partial charge >= 0.3 is 0 Å². The first-order valence-electron chi connectivity index (χ1n) is 6.98. The fraction of sp³-hybridized carbons (Fsp3) is 0.158. The van der Waals surface area contributed by atoms with Gasteiger partial charge in [0.25, 0.3) is 0 Å². The van der Waals surface area contributed by atoms with E-state index in [1.54, 1.807) is 0 Å². The molecule has 0 unspecified atom stereocenters. The normalized spacial score (nSPS) is 10.8. The van der Waals surface area contributed by atoms with Crippen LogP contribution in [0.3, 0.4) is 0 Å². The molecule has 1 aliphatic rings. The van der Waals surface area contributed by atoms with Crippen LogP contribution < -0.4 is 0 Å². The summed E-state index contributed by atoms with van der Waals surface area (Å²) in [4.78, 5) is 0. The maximum Gasteiger partial charge on any atom is -0.00264 e. The largest absolute Gasteiger partial charge is 0.0656 e. The third-order valence-electron chi connectivity index (χ3n) is 3.41. The molecule has 0 aromatic heterocycles. The molecular weight excluding hydrogens is 228 g/mol. The van der Waals surface area contributed by atoms with Crippen LogP contribution in [-0.4, -0.2) is 0 Å².